The van der Waals surface area contributed by atoms with E-state index < -0.39 is 0 Å². The van der Waals surface area contributed by atoms with Crippen LogP contribution < -0.4 is 0 Å². The van der Waals surface area contributed by atoms with Gasteiger partial charge < -0.3 is 5.11 Å². The number of carbonyl (C=O) groups is 1. The lowest BCUT2D eigenvalue weighted by Gasteiger charge is -2.10. The van der Waals surface area contributed by atoms with Crippen LogP contribution in [0.5, 0.6) is 5.75 Å². The first-order valence-corrected chi connectivity index (χ1v) is 6.49. The second-order valence-electron chi connectivity index (χ2n) is 3.68. The number of thiocarbonyl (C=S) groups is 1. The Morgan fingerprint density at radius 2 is 2.28 bits per heavy atom. The van der Waals surface area contributed by atoms with Gasteiger partial charge in [-0.15, -0.1) is 6.58 Å². The molecule has 1 aromatic carbocycles. The first kappa shape index (κ1) is 12.9. The van der Waals surface area contributed by atoms with Crippen molar-refractivity contribution < 1.29 is 9.90 Å². The van der Waals surface area contributed by atoms with Gasteiger partial charge in [-0.3, -0.25) is 9.69 Å². The molecule has 1 N–H and O–H groups in total. The number of hydrogen-bond donors (Lipinski definition) is 1. The van der Waals surface area contributed by atoms with Crippen molar-refractivity contribution in [2.24, 2.45) is 0 Å². The lowest BCUT2D eigenvalue weighted by Crippen LogP contribution is -2.27. The van der Waals surface area contributed by atoms with Crippen LogP contribution in [0.15, 0.2) is 41.8 Å². The number of aromatic hydroxyl groups is 1. The zero-order valence-electron chi connectivity index (χ0n) is 9.50. The Bertz CT molecular complexity index is 552. The molecule has 0 spiro atoms. The number of nitrogens with zero attached hydrogens (tertiary/aromatic N) is 1. The maximum Gasteiger partial charge on any atom is 0.266 e. The normalized spacial score (nSPS) is 17.6. The summed E-state index contributed by atoms with van der Waals surface area (Å²) in [5, 5.41) is 9.37. The highest BCUT2D eigenvalue weighted by Crippen LogP contribution is 2.32. The fraction of sp³-hybridized carbons (Fsp3) is 0.0769. The molecule has 1 aliphatic rings. The van der Waals surface area contributed by atoms with Crippen LogP contribution in [0.25, 0.3) is 6.08 Å². The quantitative estimate of drug-likeness (QED) is 0.524. The molecule has 0 radical (unpaired) electrons. The molecule has 0 aromatic heterocycles. The van der Waals surface area contributed by atoms with Gasteiger partial charge in [0.1, 0.15) is 10.1 Å². The van der Waals surface area contributed by atoms with Crippen LogP contribution in [0, 0.1) is 0 Å². The van der Waals surface area contributed by atoms with Crippen LogP contribution in [0.3, 0.4) is 0 Å². The lowest BCUT2D eigenvalue weighted by molar-refractivity contribution is -0.121. The molecule has 0 atom stereocenters. The van der Waals surface area contributed by atoms with Gasteiger partial charge >= 0.3 is 0 Å². The summed E-state index contributed by atoms with van der Waals surface area (Å²) in [6, 6.07) is 6.73. The third-order valence-corrected chi connectivity index (χ3v) is 3.73. The minimum absolute atomic E-state index is 0.117. The predicted molar refractivity (Wildman–Crippen MR) is 78.2 cm³/mol. The summed E-state index contributed by atoms with van der Waals surface area (Å²) >= 11 is 6.39. The molecule has 1 aromatic rings. The highest BCUT2D eigenvalue weighted by molar-refractivity contribution is 8.26. The Balaban J connectivity index is 2.27. The van der Waals surface area contributed by atoms with Crippen molar-refractivity contribution in [1.29, 1.82) is 0 Å². The number of rotatable bonds is 3. The van der Waals surface area contributed by atoms with E-state index in [1.807, 2.05) is 6.07 Å². The Kier molecular flexibility index (Phi) is 3.84. The summed E-state index contributed by atoms with van der Waals surface area (Å²) in [5.74, 6) is 0.0542. The Morgan fingerprint density at radius 3 is 2.94 bits per heavy atom. The molecule has 92 valence electrons. The number of hydrogen-bond acceptors (Lipinski definition) is 4. The molecule has 1 saturated heterocycles. The van der Waals surface area contributed by atoms with Crippen molar-refractivity contribution in [3.05, 3.63) is 47.4 Å². The first-order chi connectivity index (χ1) is 8.61. The van der Waals surface area contributed by atoms with E-state index >= 15 is 0 Å². The fourth-order valence-electron chi connectivity index (χ4n) is 1.55. The van der Waals surface area contributed by atoms with Crippen molar-refractivity contribution in [2.45, 2.75) is 0 Å². The number of carbonyl (C=O) groups excluding carboxylic acids is 1. The first-order valence-electron chi connectivity index (χ1n) is 5.27. The van der Waals surface area contributed by atoms with Crippen LogP contribution in [0.2, 0.25) is 0 Å². The van der Waals surface area contributed by atoms with Crippen LogP contribution in [0.4, 0.5) is 0 Å². The van der Waals surface area contributed by atoms with E-state index in [-0.39, 0.29) is 11.7 Å². The number of thioether (sulfide) groups is 1. The molecule has 0 bridgehead atoms. The summed E-state index contributed by atoms with van der Waals surface area (Å²) in [7, 11) is 0. The van der Waals surface area contributed by atoms with Gasteiger partial charge in [0.15, 0.2) is 0 Å². The molecule has 3 nitrogen and oxygen atoms in total. The molecule has 1 aliphatic heterocycles. The largest absolute Gasteiger partial charge is 0.508 e. The van der Waals surface area contributed by atoms with E-state index in [1.165, 1.54) is 16.7 Å². The van der Waals surface area contributed by atoms with Crippen molar-refractivity contribution in [1.82, 2.24) is 4.90 Å². The molecular weight excluding hydrogens is 266 g/mol. The number of benzene rings is 1. The zero-order valence-corrected chi connectivity index (χ0v) is 11.1. The molecule has 0 saturated carbocycles. The third kappa shape index (κ3) is 2.63. The average Bonchev–Trinajstić information content (AvgIpc) is 2.57. The number of amides is 1. The smallest absolute Gasteiger partial charge is 0.266 e. The van der Waals surface area contributed by atoms with Gasteiger partial charge in [-0.1, -0.05) is 42.2 Å². The average molecular weight is 277 g/mol. The molecule has 2 rings (SSSR count). The van der Waals surface area contributed by atoms with Gasteiger partial charge in [0, 0.05) is 6.54 Å². The standard InChI is InChI=1S/C13H11NO2S2/c1-2-6-14-12(16)11(18-13(14)17)8-9-4-3-5-10(15)7-9/h2-5,7-8,15H,1,6H2/b11-8+. The Hall–Kier alpha value is -1.59. The van der Waals surface area contributed by atoms with E-state index in [9.17, 15) is 9.90 Å². The van der Waals surface area contributed by atoms with E-state index in [0.29, 0.717) is 15.8 Å². The molecule has 1 fully saturated rings. The molecule has 0 unspecified atom stereocenters. The SMILES string of the molecule is C=CCN1C(=O)/C(=C\c2cccc(O)c2)SC1=S. The van der Waals surface area contributed by atoms with Gasteiger partial charge in [0.25, 0.3) is 5.91 Å². The zero-order chi connectivity index (χ0) is 13.1. The van der Waals surface area contributed by atoms with E-state index in [2.05, 4.69) is 6.58 Å². The maximum absolute atomic E-state index is 12.0. The van der Waals surface area contributed by atoms with E-state index in [1.54, 1.807) is 30.4 Å². The molecule has 18 heavy (non-hydrogen) atoms. The van der Waals surface area contributed by atoms with Crippen molar-refractivity contribution in [3.8, 4) is 5.75 Å². The minimum Gasteiger partial charge on any atom is -0.508 e. The maximum atomic E-state index is 12.0. The van der Waals surface area contributed by atoms with Gasteiger partial charge in [-0.2, -0.15) is 0 Å². The van der Waals surface area contributed by atoms with Crippen LogP contribution in [-0.4, -0.2) is 26.8 Å². The number of phenols is 1. The summed E-state index contributed by atoms with van der Waals surface area (Å²) in [4.78, 5) is 14.1. The molecule has 5 heteroatoms. The van der Waals surface area contributed by atoms with Gasteiger partial charge in [-0.05, 0) is 23.8 Å². The predicted octanol–water partition coefficient (Wildman–Crippen LogP) is 2.78. The third-order valence-electron chi connectivity index (χ3n) is 2.35. The summed E-state index contributed by atoms with van der Waals surface area (Å²) < 4.78 is 0.534. The molecular formula is C13H11NO2S2. The van der Waals surface area contributed by atoms with Gasteiger partial charge in [-0.25, -0.2) is 0 Å². The van der Waals surface area contributed by atoms with Crippen LogP contribution in [0.1, 0.15) is 5.56 Å². The highest BCUT2D eigenvalue weighted by atomic mass is 32.2. The monoisotopic (exact) mass is 277 g/mol. The highest BCUT2D eigenvalue weighted by Gasteiger charge is 2.30. The molecule has 0 aliphatic carbocycles. The fourth-order valence-corrected chi connectivity index (χ4v) is 2.83. The van der Waals surface area contributed by atoms with Gasteiger partial charge in [0.2, 0.25) is 0 Å². The minimum atomic E-state index is -0.117. The molecule has 1 amide bonds. The van der Waals surface area contributed by atoms with E-state index in [0.717, 1.165) is 5.56 Å². The van der Waals surface area contributed by atoms with Crippen molar-refractivity contribution >= 4 is 40.3 Å². The van der Waals surface area contributed by atoms with Crippen LogP contribution in [-0.2, 0) is 4.79 Å². The van der Waals surface area contributed by atoms with Gasteiger partial charge in [0.05, 0.1) is 4.91 Å². The Morgan fingerprint density at radius 1 is 1.50 bits per heavy atom. The topological polar surface area (TPSA) is 40.5 Å². The summed E-state index contributed by atoms with van der Waals surface area (Å²) in [6.45, 7) is 4.02. The Labute approximate surface area is 115 Å². The van der Waals surface area contributed by atoms with Crippen molar-refractivity contribution in [3.63, 3.8) is 0 Å². The van der Waals surface area contributed by atoms with E-state index in [4.69, 9.17) is 12.2 Å². The second kappa shape index (κ2) is 5.37. The van der Waals surface area contributed by atoms with Crippen LogP contribution >= 0.6 is 24.0 Å². The van der Waals surface area contributed by atoms with Crippen molar-refractivity contribution in [2.75, 3.05) is 6.54 Å². The lowest BCUT2D eigenvalue weighted by atomic mass is 10.2. The second-order valence-corrected chi connectivity index (χ2v) is 5.35. The summed E-state index contributed by atoms with van der Waals surface area (Å²) in [6.07, 6.45) is 3.37. The molecule has 1 heterocycles. The number of phenolic OH excluding ortho intramolecular Hbond substituents is 1. The summed E-state index contributed by atoms with van der Waals surface area (Å²) in [5.41, 5.74) is 0.772.